The van der Waals surface area contributed by atoms with Crippen LogP contribution in [-0.4, -0.2) is 35.7 Å². The zero-order valence-electron chi connectivity index (χ0n) is 8.77. The van der Waals surface area contributed by atoms with Crippen molar-refractivity contribution in [1.29, 1.82) is 0 Å². The maximum absolute atomic E-state index is 11.8. The van der Waals surface area contributed by atoms with E-state index in [1.807, 2.05) is 0 Å². The van der Waals surface area contributed by atoms with Crippen molar-refractivity contribution in [1.82, 2.24) is 10.2 Å². The first kappa shape index (κ1) is 11.8. The Balaban J connectivity index is 2.09. The molecule has 1 fully saturated rings. The molecule has 0 bridgehead atoms. The van der Waals surface area contributed by atoms with E-state index in [1.54, 1.807) is 24.3 Å². The summed E-state index contributed by atoms with van der Waals surface area (Å²) in [6.45, 7) is -0.251. The Morgan fingerprint density at radius 1 is 1.29 bits per heavy atom. The monoisotopic (exact) mass is 296 g/mol. The molecule has 0 atom stereocenters. The van der Waals surface area contributed by atoms with E-state index in [-0.39, 0.29) is 24.8 Å². The summed E-state index contributed by atoms with van der Waals surface area (Å²) in [6.07, 6.45) is 0. The molecule has 1 aromatic rings. The van der Waals surface area contributed by atoms with Gasteiger partial charge >= 0.3 is 6.03 Å². The molecule has 17 heavy (non-hydrogen) atoms. The van der Waals surface area contributed by atoms with Gasteiger partial charge in [0.25, 0.3) is 0 Å². The maximum Gasteiger partial charge on any atom is 0.325 e. The number of amides is 3. The smallest absolute Gasteiger partial charge is 0.325 e. The molecule has 3 amide bonds. The summed E-state index contributed by atoms with van der Waals surface area (Å²) in [5.74, 6) is -0.636. The van der Waals surface area contributed by atoms with Crippen LogP contribution in [0.3, 0.4) is 0 Å². The SMILES string of the molecule is O=C(CN1C(=O)CNC1=O)c1ccc(Br)cc1. The van der Waals surface area contributed by atoms with Crippen LogP contribution in [0.1, 0.15) is 10.4 Å². The van der Waals surface area contributed by atoms with Gasteiger partial charge in [-0.3, -0.25) is 14.5 Å². The minimum absolute atomic E-state index is 0.0353. The van der Waals surface area contributed by atoms with Crippen LogP contribution in [0, 0.1) is 0 Å². The number of nitrogens with zero attached hydrogens (tertiary/aromatic N) is 1. The normalized spacial score (nSPS) is 15.0. The van der Waals surface area contributed by atoms with Crippen LogP contribution < -0.4 is 5.32 Å². The molecule has 0 saturated carbocycles. The molecule has 0 radical (unpaired) electrons. The number of Topliss-reactive ketones (excluding diaryl/α,β-unsaturated/α-hetero) is 1. The fourth-order valence-electron chi connectivity index (χ4n) is 1.49. The quantitative estimate of drug-likeness (QED) is 0.673. The van der Waals surface area contributed by atoms with Crippen molar-refractivity contribution in [2.45, 2.75) is 0 Å². The number of urea groups is 1. The second kappa shape index (κ2) is 4.67. The van der Waals surface area contributed by atoms with Crippen LogP contribution in [0.15, 0.2) is 28.7 Å². The number of nitrogens with one attached hydrogen (secondary N) is 1. The Morgan fingerprint density at radius 3 is 2.47 bits per heavy atom. The van der Waals surface area contributed by atoms with Crippen molar-refractivity contribution in [3.63, 3.8) is 0 Å². The summed E-state index contributed by atoms with van der Waals surface area (Å²) in [5, 5.41) is 2.36. The first-order valence-corrected chi connectivity index (χ1v) is 5.74. The zero-order valence-corrected chi connectivity index (χ0v) is 10.4. The van der Waals surface area contributed by atoms with Gasteiger partial charge in [0, 0.05) is 10.0 Å². The molecule has 1 heterocycles. The fraction of sp³-hybridized carbons (Fsp3) is 0.182. The predicted octanol–water partition coefficient (Wildman–Crippen LogP) is 1.18. The molecular formula is C11H9BrN2O3. The average Bonchev–Trinajstić information content (AvgIpc) is 2.61. The Hall–Kier alpha value is -1.69. The Morgan fingerprint density at radius 2 is 1.94 bits per heavy atom. The van der Waals surface area contributed by atoms with Crippen LogP contribution in [0.2, 0.25) is 0 Å². The number of halogens is 1. The molecule has 1 aromatic carbocycles. The molecule has 0 unspecified atom stereocenters. The van der Waals surface area contributed by atoms with Crippen LogP contribution in [0.4, 0.5) is 4.79 Å². The number of benzene rings is 1. The van der Waals surface area contributed by atoms with Crippen molar-refractivity contribution >= 4 is 33.7 Å². The minimum atomic E-state index is -0.513. The summed E-state index contributed by atoms with van der Waals surface area (Å²) in [4.78, 5) is 35.3. The lowest BCUT2D eigenvalue weighted by Gasteiger charge is -2.10. The largest absolute Gasteiger partial charge is 0.329 e. The number of carbonyl (C=O) groups excluding carboxylic acids is 3. The van der Waals surface area contributed by atoms with E-state index in [4.69, 9.17) is 0 Å². The van der Waals surface area contributed by atoms with Crippen LogP contribution in [0.25, 0.3) is 0 Å². The third-order valence-corrected chi connectivity index (χ3v) is 2.93. The fourth-order valence-corrected chi connectivity index (χ4v) is 1.75. The van der Waals surface area contributed by atoms with E-state index in [0.29, 0.717) is 5.56 Å². The van der Waals surface area contributed by atoms with Gasteiger partial charge in [0.1, 0.15) is 0 Å². The number of hydrogen-bond donors (Lipinski definition) is 1. The van der Waals surface area contributed by atoms with Gasteiger partial charge in [0.05, 0.1) is 13.1 Å². The topological polar surface area (TPSA) is 66.5 Å². The molecule has 0 spiro atoms. The summed E-state index contributed by atoms with van der Waals surface area (Å²) in [7, 11) is 0. The summed E-state index contributed by atoms with van der Waals surface area (Å²) in [6, 6.07) is 6.24. The lowest BCUT2D eigenvalue weighted by molar-refractivity contribution is -0.124. The molecule has 1 aliphatic heterocycles. The molecule has 5 nitrogen and oxygen atoms in total. The van der Waals surface area contributed by atoms with Crippen molar-refractivity contribution in [2.24, 2.45) is 0 Å². The summed E-state index contributed by atoms with van der Waals surface area (Å²) < 4.78 is 0.865. The molecule has 88 valence electrons. The molecule has 2 rings (SSSR count). The van der Waals surface area contributed by atoms with Gasteiger partial charge in [-0.1, -0.05) is 28.1 Å². The van der Waals surface area contributed by atoms with Gasteiger partial charge in [-0.15, -0.1) is 0 Å². The summed E-state index contributed by atoms with van der Waals surface area (Å²) >= 11 is 3.26. The Labute approximate surface area is 106 Å². The average molecular weight is 297 g/mol. The molecule has 0 aliphatic carbocycles. The lowest BCUT2D eigenvalue weighted by Crippen LogP contribution is -2.35. The highest BCUT2D eigenvalue weighted by atomic mass is 79.9. The van der Waals surface area contributed by atoms with Crippen LogP contribution in [0.5, 0.6) is 0 Å². The third-order valence-electron chi connectivity index (χ3n) is 2.40. The van der Waals surface area contributed by atoms with E-state index in [9.17, 15) is 14.4 Å². The second-order valence-corrected chi connectivity index (χ2v) is 4.48. The highest BCUT2D eigenvalue weighted by Crippen LogP contribution is 2.12. The van der Waals surface area contributed by atoms with E-state index >= 15 is 0 Å². The van der Waals surface area contributed by atoms with Crippen molar-refractivity contribution in [2.75, 3.05) is 13.1 Å². The van der Waals surface area contributed by atoms with Crippen LogP contribution >= 0.6 is 15.9 Å². The van der Waals surface area contributed by atoms with Gasteiger partial charge in [0.2, 0.25) is 5.91 Å². The number of ketones is 1. The molecule has 1 saturated heterocycles. The molecule has 0 aromatic heterocycles. The van der Waals surface area contributed by atoms with Gasteiger partial charge < -0.3 is 5.32 Å². The van der Waals surface area contributed by atoms with Gasteiger partial charge in [-0.25, -0.2) is 4.79 Å². The van der Waals surface area contributed by atoms with Gasteiger partial charge in [-0.05, 0) is 12.1 Å². The number of rotatable bonds is 3. The van der Waals surface area contributed by atoms with Crippen molar-refractivity contribution in [3.05, 3.63) is 34.3 Å². The maximum atomic E-state index is 11.8. The van der Waals surface area contributed by atoms with Gasteiger partial charge in [0.15, 0.2) is 5.78 Å². The number of carbonyl (C=O) groups is 3. The Bertz CT molecular complexity index is 468. The standard InChI is InChI=1S/C11H9BrN2O3/c12-8-3-1-7(2-4-8)9(15)6-14-10(16)5-13-11(14)17/h1-4H,5-6H2,(H,13,17). The number of imide groups is 1. The highest BCUT2D eigenvalue weighted by Gasteiger charge is 2.30. The molecule has 1 N–H and O–H groups in total. The predicted molar refractivity (Wildman–Crippen MR) is 63.6 cm³/mol. The van der Waals surface area contributed by atoms with E-state index in [2.05, 4.69) is 21.2 Å². The Kier molecular flexibility index (Phi) is 3.23. The first-order valence-electron chi connectivity index (χ1n) is 4.95. The lowest BCUT2D eigenvalue weighted by atomic mass is 10.1. The van der Waals surface area contributed by atoms with E-state index < -0.39 is 6.03 Å². The second-order valence-electron chi connectivity index (χ2n) is 3.57. The third kappa shape index (κ3) is 2.52. The summed E-state index contributed by atoms with van der Waals surface area (Å²) in [5.41, 5.74) is 0.473. The minimum Gasteiger partial charge on any atom is -0.329 e. The van der Waals surface area contributed by atoms with Crippen LogP contribution in [-0.2, 0) is 4.79 Å². The van der Waals surface area contributed by atoms with E-state index in [1.165, 1.54) is 0 Å². The number of hydrogen-bond acceptors (Lipinski definition) is 3. The van der Waals surface area contributed by atoms with Gasteiger partial charge in [-0.2, -0.15) is 0 Å². The van der Waals surface area contributed by atoms with E-state index in [0.717, 1.165) is 9.37 Å². The first-order chi connectivity index (χ1) is 8.08. The molecule has 6 heteroatoms. The zero-order chi connectivity index (χ0) is 12.4. The molecular weight excluding hydrogens is 288 g/mol. The van der Waals surface area contributed by atoms with Crippen molar-refractivity contribution in [3.8, 4) is 0 Å². The highest BCUT2D eigenvalue weighted by molar-refractivity contribution is 9.10. The molecule has 1 aliphatic rings. The van der Waals surface area contributed by atoms with Crippen molar-refractivity contribution < 1.29 is 14.4 Å².